The van der Waals surface area contributed by atoms with Gasteiger partial charge in [-0.3, -0.25) is 4.79 Å². The van der Waals surface area contributed by atoms with Crippen LogP contribution in [0.5, 0.6) is 0 Å². The second-order valence-electron chi connectivity index (χ2n) is 5.16. The molecule has 22 heavy (non-hydrogen) atoms. The number of carbonyl (C=O) groups excluding carboxylic acids is 1. The summed E-state index contributed by atoms with van der Waals surface area (Å²) in [7, 11) is 0. The Kier molecular flexibility index (Phi) is 5.69. The van der Waals surface area contributed by atoms with Gasteiger partial charge in [-0.05, 0) is 49.8 Å². The topological polar surface area (TPSA) is 33.5 Å². The van der Waals surface area contributed by atoms with Crippen LogP contribution in [0.2, 0.25) is 10.0 Å². The first-order valence-electron chi connectivity index (χ1n) is 6.93. The zero-order valence-corrected chi connectivity index (χ0v) is 13.9. The van der Waals surface area contributed by atoms with Gasteiger partial charge in [-0.1, -0.05) is 29.3 Å². The molecule has 1 aromatic carbocycles. The van der Waals surface area contributed by atoms with Crippen LogP contribution in [-0.2, 0) is 11.3 Å². The van der Waals surface area contributed by atoms with Crippen molar-refractivity contribution in [3.8, 4) is 0 Å². The van der Waals surface area contributed by atoms with E-state index in [1.165, 1.54) is 6.08 Å². The molecular weight excluding hydrogens is 321 g/mol. The van der Waals surface area contributed by atoms with E-state index in [4.69, 9.17) is 27.6 Å². The molecular formula is C17H17Cl2NO2. The van der Waals surface area contributed by atoms with Crippen LogP contribution in [0.4, 0.5) is 0 Å². The van der Waals surface area contributed by atoms with Crippen molar-refractivity contribution in [2.45, 2.75) is 26.4 Å². The lowest BCUT2D eigenvalue weighted by molar-refractivity contribution is -0.128. The molecule has 1 aromatic heterocycles. The van der Waals surface area contributed by atoms with Gasteiger partial charge in [-0.2, -0.15) is 0 Å². The third kappa shape index (κ3) is 4.39. The Morgan fingerprint density at radius 1 is 1.27 bits per heavy atom. The minimum absolute atomic E-state index is 0.0585. The average molecular weight is 338 g/mol. The van der Waals surface area contributed by atoms with Gasteiger partial charge in [0.15, 0.2) is 0 Å². The number of rotatable bonds is 5. The van der Waals surface area contributed by atoms with E-state index < -0.39 is 0 Å². The predicted octanol–water partition coefficient (Wildman–Crippen LogP) is 5.04. The van der Waals surface area contributed by atoms with Crippen LogP contribution in [-0.4, -0.2) is 16.8 Å². The largest absolute Gasteiger partial charge is 0.465 e. The lowest BCUT2D eigenvalue weighted by Crippen LogP contribution is -2.35. The van der Waals surface area contributed by atoms with Gasteiger partial charge in [0.1, 0.15) is 5.76 Å². The Labute approximate surface area is 140 Å². The van der Waals surface area contributed by atoms with Gasteiger partial charge in [0.2, 0.25) is 5.91 Å². The molecule has 0 spiro atoms. The fraction of sp³-hybridized carbons (Fsp3) is 0.235. The highest BCUT2D eigenvalue weighted by Crippen LogP contribution is 2.23. The fourth-order valence-corrected chi connectivity index (χ4v) is 2.31. The molecule has 0 aliphatic rings. The molecule has 0 radical (unpaired) electrons. The minimum Gasteiger partial charge on any atom is -0.465 e. The summed E-state index contributed by atoms with van der Waals surface area (Å²) in [6.07, 6.45) is 4.74. The molecule has 0 N–H and O–H groups in total. The van der Waals surface area contributed by atoms with Crippen LogP contribution in [0, 0.1) is 0 Å². The SMILES string of the molecule is CC(C)N(Cc1ccc(Cl)c(Cl)c1)C(=O)C=Cc1ccco1. The highest BCUT2D eigenvalue weighted by atomic mass is 35.5. The maximum absolute atomic E-state index is 12.4. The second-order valence-corrected chi connectivity index (χ2v) is 5.97. The van der Waals surface area contributed by atoms with Crippen molar-refractivity contribution < 1.29 is 9.21 Å². The lowest BCUT2D eigenvalue weighted by atomic mass is 10.2. The van der Waals surface area contributed by atoms with Crippen molar-refractivity contribution in [1.82, 2.24) is 4.90 Å². The van der Waals surface area contributed by atoms with Crippen LogP contribution in [0.15, 0.2) is 47.1 Å². The molecule has 0 saturated heterocycles. The van der Waals surface area contributed by atoms with Crippen molar-refractivity contribution in [1.29, 1.82) is 0 Å². The number of amides is 1. The van der Waals surface area contributed by atoms with Gasteiger partial charge >= 0.3 is 0 Å². The van der Waals surface area contributed by atoms with Gasteiger partial charge in [0.25, 0.3) is 0 Å². The first-order valence-corrected chi connectivity index (χ1v) is 7.69. The molecule has 0 aliphatic heterocycles. The molecule has 3 nitrogen and oxygen atoms in total. The number of benzene rings is 1. The van der Waals surface area contributed by atoms with Crippen LogP contribution in [0.25, 0.3) is 6.08 Å². The third-order valence-corrected chi connectivity index (χ3v) is 3.92. The summed E-state index contributed by atoms with van der Waals surface area (Å²) in [4.78, 5) is 14.1. The van der Waals surface area contributed by atoms with E-state index in [-0.39, 0.29) is 11.9 Å². The maximum Gasteiger partial charge on any atom is 0.247 e. The lowest BCUT2D eigenvalue weighted by Gasteiger charge is -2.25. The first-order chi connectivity index (χ1) is 10.5. The van der Waals surface area contributed by atoms with E-state index in [0.29, 0.717) is 22.4 Å². The Morgan fingerprint density at radius 2 is 2.05 bits per heavy atom. The van der Waals surface area contributed by atoms with Gasteiger partial charge in [0.05, 0.1) is 16.3 Å². The monoisotopic (exact) mass is 337 g/mol. The molecule has 2 aromatic rings. The summed E-state index contributed by atoms with van der Waals surface area (Å²) in [6.45, 7) is 4.40. The Morgan fingerprint density at radius 3 is 2.64 bits per heavy atom. The predicted molar refractivity (Wildman–Crippen MR) is 89.9 cm³/mol. The standard InChI is InChI=1S/C17H17Cl2NO2/c1-12(2)20(11-13-5-7-15(18)16(19)10-13)17(21)8-6-14-4-3-9-22-14/h3-10,12H,11H2,1-2H3. The molecule has 0 aliphatic carbocycles. The zero-order valence-electron chi connectivity index (χ0n) is 12.4. The normalized spacial score (nSPS) is 11.3. The van der Waals surface area contributed by atoms with E-state index in [9.17, 15) is 4.79 Å². The van der Waals surface area contributed by atoms with Crippen molar-refractivity contribution in [2.24, 2.45) is 0 Å². The van der Waals surface area contributed by atoms with E-state index in [1.807, 2.05) is 19.9 Å². The van der Waals surface area contributed by atoms with Crippen molar-refractivity contribution in [3.05, 3.63) is 64.0 Å². The minimum atomic E-state index is -0.0857. The van der Waals surface area contributed by atoms with Crippen LogP contribution in [0.3, 0.4) is 0 Å². The summed E-state index contributed by atoms with van der Waals surface area (Å²) >= 11 is 11.9. The molecule has 0 saturated carbocycles. The van der Waals surface area contributed by atoms with E-state index in [0.717, 1.165) is 5.56 Å². The molecule has 116 valence electrons. The molecule has 0 fully saturated rings. The van der Waals surface area contributed by atoms with Crippen LogP contribution < -0.4 is 0 Å². The van der Waals surface area contributed by atoms with Crippen LogP contribution in [0.1, 0.15) is 25.2 Å². The number of furan rings is 1. The van der Waals surface area contributed by atoms with Gasteiger partial charge in [-0.25, -0.2) is 0 Å². The number of hydrogen-bond donors (Lipinski definition) is 0. The van der Waals surface area contributed by atoms with Crippen molar-refractivity contribution in [3.63, 3.8) is 0 Å². The van der Waals surface area contributed by atoms with Crippen LogP contribution >= 0.6 is 23.2 Å². The molecule has 0 atom stereocenters. The summed E-state index contributed by atoms with van der Waals surface area (Å²) in [6, 6.07) is 9.02. The molecule has 0 bridgehead atoms. The highest BCUT2D eigenvalue weighted by molar-refractivity contribution is 6.42. The Balaban J connectivity index is 2.12. The van der Waals surface area contributed by atoms with Gasteiger partial charge in [0, 0.05) is 18.7 Å². The van der Waals surface area contributed by atoms with E-state index in [1.54, 1.807) is 41.5 Å². The number of halogens is 2. The molecule has 5 heteroatoms. The number of nitrogens with zero attached hydrogens (tertiary/aromatic N) is 1. The van der Waals surface area contributed by atoms with E-state index >= 15 is 0 Å². The Bertz CT molecular complexity index is 663. The quantitative estimate of drug-likeness (QED) is 0.716. The zero-order chi connectivity index (χ0) is 16.1. The summed E-state index contributed by atoms with van der Waals surface area (Å²) < 4.78 is 5.18. The smallest absolute Gasteiger partial charge is 0.247 e. The average Bonchev–Trinajstić information content (AvgIpc) is 2.99. The van der Waals surface area contributed by atoms with Crippen molar-refractivity contribution >= 4 is 35.2 Å². The fourth-order valence-electron chi connectivity index (χ4n) is 1.98. The van der Waals surface area contributed by atoms with Gasteiger partial charge in [-0.15, -0.1) is 0 Å². The highest BCUT2D eigenvalue weighted by Gasteiger charge is 2.15. The third-order valence-electron chi connectivity index (χ3n) is 3.18. The second kappa shape index (κ2) is 7.52. The summed E-state index contributed by atoms with van der Waals surface area (Å²) in [5.74, 6) is 0.559. The summed E-state index contributed by atoms with van der Waals surface area (Å²) in [5, 5.41) is 0.993. The van der Waals surface area contributed by atoms with Crippen molar-refractivity contribution in [2.75, 3.05) is 0 Å². The number of hydrogen-bond acceptors (Lipinski definition) is 2. The Hall–Kier alpha value is -1.71. The van der Waals surface area contributed by atoms with Gasteiger partial charge < -0.3 is 9.32 Å². The number of carbonyl (C=O) groups is 1. The first kappa shape index (κ1) is 16.7. The molecule has 0 unspecified atom stereocenters. The van der Waals surface area contributed by atoms with E-state index in [2.05, 4.69) is 0 Å². The molecule has 2 rings (SSSR count). The molecule has 1 amide bonds. The maximum atomic E-state index is 12.4. The summed E-state index contributed by atoms with van der Waals surface area (Å²) in [5.41, 5.74) is 0.933. The molecule has 1 heterocycles.